The van der Waals surface area contributed by atoms with Gasteiger partial charge in [0.05, 0.1) is 14.2 Å². The van der Waals surface area contributed by atoms with Gasteiger partial charge in [-0.2, -0.15) is 0 Å². The van der Waals surface area contributed by atoms with E-state index in [4.69, 9.17) is 9.47 Å². The summed E-state index contributed by atoms with van der Waals surface area (Å²) >= 11 is 0. The highest BCUT2D eigenvalue weighted by Crippen LogP contribution is 2.22. The van der Waals surface area contributed by atoms with Crippen LogP contribution in [0.3, 0.4) is 0 Å². The second kappa shape index (κ2) is 5.57. The van der Waals surface area contributed by atoms with Crippen LogP contribution in [0.5, 0.6) is 5.75 Å². The van der Waals surface area contributed by atoms with Gasteiger partial charge in [-0.15, -0.1) is 0 Å². The van der Waals surface area contributed by atoms with Gasteiger partial charge in [0.2, 0.25) is 0 Å². The average Bonchev–Trinajstić information content (AvgIpc) is 2.38. The van der Waals surface area contributed by atoms with Crippen molar-refractivity contribution in [3.05, 3.63) is 24.3 Å². The van der Waals surface area contributed by atoms with Crippen molar-refractivity contribution in [1.29, 1.82) is 0 Å². The number of esters is 1. The summed E-state index contributed by atoms with van der Waals surface area (Å²) in [5.41, 5.74) is 0.157. The maximum Gasteiger partial charge on any atom is 0.331 e. The molecule has 0 aliphatic carbocycles. The molecule has 0 saturated heterocycles. The van der Waals surface area contributed by atoms with Crippen molar-refractivity contribution in [2.24, 2.45) is 0 Å². The number of carbonyl (C=O) groups excluding carboxylic acids is 1. The van der Waals surface area contributed by atoms with Gasteiger partial charge in [-0.1, -0.05) is 6.92 Å². The molecule has 0 bridgehead atoms. The molecule has 0 spiro atoms. The van der Waals surface area contributed by atoms with E-state index >= 15 is 0 Å². The maximum atomic E-state index is 11.7. The Hall–Kier alpha value is -1.71. The lowest BCUT2D eigenvalue weighted by Gasteiger charge is -2.27. The Morgan fingerprint density at radius 3 is 2.29 bits per heavy atom. The third kappa shape index (κ3) is 3.12. The Balaban J connectivity index is 2.83. The normalized spacial score (nSPS) is 13.6. The lowest BCUT2D eigenvalue weighted by atomic mass is 9.98. The van der Waals surface area contributed by atoms with E-state index in [2.05, 4.69) is 5.32 Å². The molecule has 1 aromatic carbocycles. The minimum atomic E-state index is -0.705. The molecular weight excluding hydrogens is 218 g/mol. The molecule has 1 N–H and O–H groups in total. The Kier molecular flexibility index (Phi) is 4.37. The second-order valence-corrected chi connectivity index (χ2v) is 4.03. The van der Waals surface area contributed by atoms with Crippen molar-refractivity contribution in [2.45, 2.75) is 25.8 Å². The molecule has 0 amide bonds. The van der Waals surface area contributed by atoms with Gasteiger partial charge in [-0.3, -0.25) is 0 Å². The van der Waals surface area contributed by atoms with Crippen LogP contribution in [0, 0.1) is 0 Å². The molecule has 1 unspecified atom stereocenters. The van der Waals surface area contributed by atoms with Gasteiger partial charge in [-0.05, 0) is 37.6 Å². The van der Waals surface area contributed by atoms with Crippen LogP contribution in [0.2, 0.25) is 0 Å². The first-order valence-electron chi connectivity index (χ1n) is 5.56. The largest absolute Gasteiger partial charge is 0.497 e. The summed E-state index contributed by atoms with van der Waals surface area (Å²) in [5, 5.41) is 3.18. The van der Waals surface area contributed by atoms with Crippen molar-refractivity contribution in [3.8, 4) is 5.75 Å². The van der Waals surface area contributed by atoms with Crippen LogP contribution in [0.4, 0.5) is 5.69 Å². The average molecular weight is 237 g/mol. The van der Waals surface area contributed by atoms with E-state index in [9.17, 15) is 4.79 Å². The Labute approximate surface area is 102 Å². The minimum absolute atomic E-state index is 0.268. The molecule has 1 rings (SSSR count). The molecule has 0 aliphatic rings. The van der Waals surface area contributed by atoms with Crippen LogP contribution in [-0.4, -0.2) is 25.7 Å². The van der Waals surface area contributed by atoms with Crippen molar-refractivity contribution in [3.63, 3.8) is 0 Å². The molecule has 1 atom stereocenters. The molecule has 4 heteroatoms. The molecule has 4 nitrogen and oxygen atoms in total. The zero-order chi connectivity index (χ0) is 12.9. The lowest BCUT2D eigenvalue weighted by molar-refractivity contribution is -0.145. The Morgan fingerprint density at radius 2 is 1.88 bits per heavy atom. The molecular formula is C13H19NO3. The van der Waals surface area contributed by atoms with Crippen LogP contribution >= 0.6 is 0 Å². The number of methoxy groups -OCH3 is 2. The minimum Gasteiger partial charge on any atom is -0.497 e. The molecule has 0 radical (unpaired) electrons. The number of anilines is 1. The standard InChI is InChI=1S/C13H19NO3/c1-5-13(2,12(15)17-4)14-10-6-8-11(16-3)9-7-10/h6-9,14H,5H2,1-4H3. The van der Waals surface area contributed by atoms with E-state index in [-0.39, 0.29) is 5.97 Å². The fourth-order valence-corrected chi connectivity index (χ4v) is 1.50. The number of benzene rings is 1. The topological polar surface area (TPSA) is 47.6 Å². The summed E-state index contributed by atoms with van der Waals surface area (Å²) in [4.78, 5) is 11.7. The predicted molar refractivity (Wildman–Crippen MR) is 67.3 cm³/mol. The highest BCUT2D eigenvalue weighted by Gasteiger charge is 2.32. The smallest absolute Gasteiger partial charge is 0.331 e. The van der Waals surface area contributed by atoms with Crippen molar-refractivity contribution in [1.82, 2.24) is 0 Å². The van der Waals surface area contributed by atoms with Crippen LogP contribution in [0.1, 0.15) is 20.3 Å². The number of hydrogen-bond acceptors (Lipinski definition) is 4. The van der Waals surface area contributed by atoms with Gasteiger partial charge >= 0.3 is 5.97 Å². The maximum absolute atomic E-state index is 11.7. The van der Waals surface area contributed by atoms with E-state index < -0.39 is 5.54 Å². The van der Waals surface area contributed by atoms with Crippen molar-refractivity contribution < 1.29 is 14.3 Å². The van der Waals surface area contributed by atoms with E-state index in [0.717, 1.165) is 11.4 Å². The molecule has 0 aromatic heterocycles. The predicted octanol–water partition coefficient (Wildman–Crippen LogP) is 2.45. The van der Waals surface area contributed by atoms with E-state index in [1.165, 1.54) is 7.11 Å². The van der Waals surface area contributed by atoms with Crippen molar-refractivity contribution >= 4 is 11.7 Å². The first-order chi connectivity index (χ1) is 8.05. The summed E-state index contributed by atoms with van der Waals surface area (Å²) in [6, 6.07) is 7.43. The van der Waals surface area contributed by atoms with Gasteiger partial charge in [0, 0.05) is 5.69 Å². The van der Waals surface area contributed by atoms with E-state index in [0.29, 0.717) is 6.42 Å². The molecule has 1 aromatic rings. The monoisotopic (exact) mass is 237 g/mol. The molecule has 0 fully saturated rings. The SMILES string of the molecule is CCC(C)(Nc1ccc(OC)cc1)C(=O)OC. The molecule has 0 heterocycles. The number of nitrogens with one attached hydrogen (secondary N) is 1. The molecule has 0 aliphatic heterocycles. The molecule has 0 saturated carbocycles. The summed E-state index contributed by atoms with van der Waals surface area (Å²) in [7, 11) is 3.01. The zero-order valence-corrected chi connectivity index (χ0v) is 10.7. The van der Waals surface area contributed by atoms with Crippen LogP contribution in [0.25, 0.3) is 0 Å². The third-order valence-corrected chi connectivity index (χ3v) is 2.85. The number of hydrogen-bond donors (Lipinski definition) is 1. The summed E-state index contributed by atoms with van der Waals surface area (Å²) < 4.78 is 9.87. The second-order valence-electron chi connectivity index (χ2n) is 4.03. The van der Waals surface area contributed by atoms with Crippen molar-refractivity contribution in [2.75, 3.05) is 19.5 Å². The van der Waals surface area contributed by atoms with Gasteiger partial charge in [0.1, 0.15) is 11.3 Å². The quantitative estimate of drug-likeness (QED) is 0.799. The van der Waals surface area contributed by atoms with Crippen LogP contribution in [0.15, 0.2) is 24.3 Å². The number of carbonyl (C=O) groups is 1. The fraction of sp³-hybridized carbons (Fsp3) is 0.462. The molecule has 17 heavy (non-hydrogen) atoms. The van der Waals surface area contributed by atoms with Gasteiger partial charge < -0.3 is 14.8 Å². The van der Waals surface area contributed by atoms with E-state index in [1.807, 2.05) is 38.1 Å². The summed E-state index contributed by atoms with van der Waals surface area (Å²) in [6.45, 7) is 3.76. The first-order valence-corrected chi connectivity index (χ1v) is 5.56. The van der Waals surface area contributed by atoms with Gasteiger partial charge in [-0.25, -0.2) is 4.79 Å². The Bertz CT molecular complexity index is 375. The first kappa shape index (κ1) is 13.4. The third-order valence-electron chi connectivity index (χ3n) is 2.85. The fourth-order valence-electron chi connectivity index (χ4n) is 1.50. The summed E-state index contributed by atoms with van der Waals surface area (Å²) in [5.74, 6) is 0.516. The lowest BCUT2D eigenvalue weighted by Crippen LogP contribution is -2.43. The highest BCUT2D eigenvalue weighted by molar-refractivity contribution is 5.83. The van der Waals surface area contributed by atoms with Crippen LogP contribution < -0.4 is 10.1 Å². The van der Waals surface area contributed by atoms with Gasteiger partial charge in [0.15, 0.2) is 0 Å². The molecule has 94 valence electrons. The number of ether oxygens (including phenoxy) is 2. The number of rotatable bonds is 5. The van der Waals surface area contributed by atoms with Gasteiger partial charge in [0.25, 0.3) is 0 Å². The Morgan fingerprint density at radius 1 is 1.29 bits per heavy atom. The van der Waals surface area contributed by atoms with Crippen LogP contribution in [-0.2, 0) is 9.53 Å². The van der Waals surface area contributed by atoms with E-state index in [1.54, 1.807) is 7.11 Å². The zero-order valence-electron chi connectivity index (χ0n) is 10.7. The highest BCUT2D eigenvalue weighted by atomic mass is 16.5. The summed E-state index contributed by atoms with van der Waals surface area (Å²) in [6.07, 6.45) is 0.645.